The van der Waals surface area contributed by atoms with Gasteiger partial charge in [-0.1, -0.05) is 30.3 Å². The summed E-state index contributed by atoms with van der Waals surface area (Å²) in [6, 6.07) is 9.86. The third kappa shape index (κ3) is 5.31. The number of hydrogen-bond acceptors (Lipinski definition) is 4. The topological polar surface area (TPSA) is 71.4 Å². The second-order valence-electron chi connectivity index (χ2n) is 6.55. The summed E-state index contributed by atoms with van der Waals surface area (Å²) in [5.41, 5.74) is 1.79. The van der Waals surface area contributed by atoms with E-state index in [4.69, 9.17) is 4.74 Å². The summed E-state index contributed by atoms with van der Waals surface area (Å²) in [7, 11) is 1.65. The number of benzene rings is 1. The molecule has 1 aromatic heterocycles. The van der Waals surface area contributed by atoms with E-state index in [1.165, 1.54) is 12.8 Å². The van der Waals surface area contributed by atoms with Crippen molar-refractivity contribution in [3.8, 4) is 0 Å². The number of nitrogens with one attached hydrogen (secondary N) is 2. The number of carbonyl (C=O) groups is 1. The van der Waals surface area contributed by atoms with Crippen molar-refractivity contribution in [1.82, 2.24) is 20.0 Å². The molecule has 1 unspecified atom stereocenters. The molecule has 0 radical (unpaired) electrons. The number of rotatable bonds is 8. The van der Waals surface area contributed by atoms with Crippen LogP contribution in [0.1, 0.15) is 24.4 Å². The van der Waals surface area contributed by atoms with E-state index in [1.807, 2.05) is 18.2 Å². The fraction of sp³-hybridized carbons (Fsp3) is 0.474. The molecule has 1 aliphatic rings. The molecule has 0 saturated carbocycles. The summed E-state index contributed by atoms with van der Waals surface area (Å²) < 4.78 is 6.78. The fourth-order valence-corrected chi connectivity index (χ4v) is 3.20. The summed E-state index contributed by atoms with van der Waals surface area (Å²) in [6.07, 6.45) is 5.91. The van der Waals surface area contributed by atoms with Crippen LogP contribution in [0.2, 0.25) is 0 Å². The third-order valence-electron chi connectivity index (χ3n) is 4.56. The van der Waals surface area contributed by atoms with Crippen molar-refractivity contribution in [1.29, 1.82) is 0 Å². The number of nitrogens with zero attached hydrogens (tertiary/aromatic N) is 3. The Bertz CT molecular complexity index is 682. The quantitative estimate of drug-likeness (QED) is 0.761. The van der Waals surface area contributed by atoms with E-state index in [9.17, 15) is 4.79 Å². The van der Waals surface area contributed by atoms with Crippen molar-refractivity contribution in [3.63, 3.8) is 0 Å². The predicted octanol–water partition coefficient (Wildman–Crippen LogP) is 2.49. The predicted molar refractivity (Wildman–Crippen MR) is 101 cm³/mol. The van der Waals surface area contributed by atoms with Crippen LogP contribution in [0.4, 0.5) is 10.5 Å². The highest BCUT2D eigenvalue weighted by molar-refractivity contribution is 5.89. The first-order chi connectivity index (χ1) is 12.7. The van der Waals surface area contributed by atoms with Gasteiger partial charge in [0, 0.05) is 19.9 Å². The van der Waals surface area contributed by atoms with Crippen LogP contribution in [0.25, 0.3) is 0 Å². The Balaban J connectivity index is 1.60. The van der Waals surface area contributed by atoms with Gasteiger partial charge >= 0.3 is 6.03 Å². The number of hydrogen-bond donors (Lipinski definition) is 2. The van der Waals surface area contributed by atoms with E-state index in [1.54, 1.807) is 24.2 Å². The van der Waals surface area contributed by atoms with Crippen molar-refractivity contribution in [2.24, 2.45) is 0 Å². The highest BCUT2D eigenvalue weighted by atomic mass is 16.5. The molecule has 1 fully saturated rings. The highest BCUT2D eigenvalue weighted by Crippen LogP contribution is 2.18. The van der Waals surface area contributed by atoms with Crippen molar-refractivity contribution in [3.05, 3.63) is 48.3 Å². The maximum Gasteiger partial charge on any atom is 0.319 e. The molecule has 0 aliphatic carbocycles. The number of carbonyl (C=O) groups excluding carboxylic acids is 1. The number of methoxy groups -OCH3 is 1. The van der Waals surface area contributed by atoms with Gasteiger partial charge in [-0.05, 0) is 31.5 Å². The maximum atomic E-state index is 12.5. The summed E-state index contributed by atoms with van der Waals surface area (Å²) >= 11 is 0. The number of anilines is 1. The van der Waals surface area contributed by atoms with Gasteiger partial charge in [0.1, 0.15) is 0 Å². The van der Waals surface area contributed by atoms with Crippen molar-refractivity contribution >= 4 is 11.7 Å². The maximum absolute atomic E-state index is 12.5. The van der Waals surface area contributed by atoms with Crippen LogP contribution in [0, 0.1) is 0 Å². The Hall–Kier alpha value is -2.38. The lowest BCUT2D eigenvalue weighted by Crippen LogP contribution is -2.39. The molecule has 1 aromatic carbocycles. The lowest BCUT2D eigenvalue weighted by Gasteiger charge is -2.25. The molecule has 7 nitrogen and oxygen atoms in total. The number of aromatic nitrogens is 2. The van der Waals surface area contributed by atoms with Crippen LogP contribution >= 0.6 is 0 Å². The molecule has 2 amide bonds. The van der Waals surface area contributed by atoms with Gasteiger partial charge < -0.3 is 20.3 Å². The molecule has 1 atom stereocenters. The van der Waals surface area contributed by atoms with Crippen LogP contribution in [0.15, 0.2) is 42.7 Å². The smallest absolute Gasteiger partial charge is 0.319 e. The van der Waals surface area contributed by atoms with Gasteiger partial charge in [0.15, 0.2) is 0 Å². The molecule has 2 heterocycles. The monoisotopic (exact) mass is 357 g/mol. The fourth-order valence-electron chi connectivity index (χ4n) is 3.20. The molecule has 140 valence electrons. The van der Waals surface area contributed by atoms with Crippen LogP contribution in [-0.2, 0) is 11.3 Å². The van der Waals surface area contributed by atoms with Crippen molar-refractivity contribution in [2.75, 3.05) is 38.7 Å². The van der Waals surface area contributed by atoms with E-state index in [-0.39, 0.29) is 12.1 Å². The largest absolute Gasteiger partial charge is 0.383 e. The molecular formula is C19H27N5O2. The van der Waals surface area contributed by atoms with Gasteiger partial charge in [0.2, 0.25) is 0 Å². The standard InChI is InChI=1S/C19H27N5O2/c1-26-12-11-24-14-17(13-20-24)21-19(25)22-18(15-23-9-5-6-10-23)16-7-3-2-4-8-16/h2-4,7-8,13-14,18H,5-6,9-12,15H2,1H3,(H2,21,22,25). The Morgan fingerprint density at radius 3 is 2.77 bits per heavy atom. The molecular weight excluding hydrogens is 330 g/mol. The molecule has 0 bridgehead atoms. The van der Waals surface area contributed by atoms with Gasteiger partial charge in [-0.2, -0.15) is 5.10 Å². The van der Waals surface area contributed by atoms with E-state index < -0.39 is 0 Å². The molecule has 7 heteroatoms. The molecule has 26 heavy (non-hydrogen) atoms. The first kappa shape index (κ1) is 18.4. The minimum absolute atomic E-state index is 0.0437. The number of amides is 2. The van der Waals surface area contributed by atoms with E-state index >= 15 is 0 Å². The average molecular weight is 357 g/mol. The Labute approximate surface area is 154 Å². The summed E-state index contributed by atoms with van der Waals surface area (Å²) in [6.45, 7) is 4.25. The number of urea groups is 1. The second kappa shape index (κ2) is 9.35. The van der Waals surface area contributed by atoms with Crippen LogP contribution < -0.4 is 10.6 Å². The zero-order chi connectivity index (χ0) is 18.2. The molecule has 1 aliphatic heterocycles. The van der Waals surface area contributed by atoms with Crippen LogP contribution in [-0.4, -0.2) is 54.1 Å². The van der Waals surface area contributed by atoms with Crippen molar-refractivity contribution in [2.45, 2.75) is 25.4 Å². The molecule has 1 saturated heterocycles. The number of ether oxygens (including phenoxy) is 1. The summed E-state index contributed by atoms with van der Waals surface area (Å²) in [5.74, 6) is 0. The average Bonchev–Trinajstić information content (AvgIpc) is 3.32. The van der Waals surface area contributed by atoms with Gasteiger partial charge in [0.25, 0.3) is 0 Å². The van der Waals surface area contributed by atoms with E-state index in [0.29, 0.717) is 18.8 Å². The van der Waals surface area contributed by atoms with Gasteiger partial charge in [0.05, 0.1) is 31.1 Å². The molecule has 0 spiro atoms. The number of likely N-dealkylation sites (tertiary alicyclic amines) is 1. The first-order valence-corrected chi connectivity index (χ1v) is 9.11. The Morgan fingerprint density at radius 2 is 2.04 bits per heavy atom. The molecule has 2 aromatic rings. The van der Waals surface area contributed by atoms with E-state index in [0.717, 1.165) is 25.2 Å². The zero-order valence-electron chi connectivity index (χ0n) is 15.2. The highest BCUT2D eigenvalue weighted by Gasteiger charge is 2.20. The molecule has 2 N–H and O–H groups in total. The van der Waals surface area contributed by atoms with Crippen LogP contribution in [0.3, 0.4) is 0 Å². The van der Waals surface area contributed by atoms with Gasteiger partial charge in [-0.15, -0.1) is 0 Å². The lowest BCUT2D eigenvalue weighted by atomic mass is 10.1. The first-order valence-electron chi connectivity index (χ1n) is 9.11. The van der Waals surface area contributed by atoms with Crippen LogP contribution in [0.5, 0.6) is 0 Å². The second-order valence-corrected chi connectivity index (χ2v) is 6.55. The molecule has 3 rings (SSSR count). The lowest BCUT2D eigenvalue weighted by molar-refractivity contribution is 0.183. The van der Waals surface area contributed by atoms with E-state index in [2.05, 4.69) is 32.8 Å². The summed E-state index contributed by atoms with van der Waals surface area (Å²) in [5, 5.41) is 10.2. The minimum Gasteiger partial charge on any atom is -0.383 e. The van der Waals surface area contributed by atoms with Gasteiger partial charge in [-0.3, -0.25) is 4.68 Å². The third-order valence-corrected chi connectivity index (χ3v) is 4.56. The zero-order valence-corrected chi connectivity index (χ0v) is 15.2. The van der Waals surface area contributed by atoms with Crippen molar-refractivity contribution < 1.29 is 9.53 Å². The summed E-state index contributed by atoms with van der Waals surface area (Å²) in [4.78, 5) is 14.9. The SMILES string of the molecule is COCCn1cc(NC(=O)NC(CN2CCCC2)c2ccccc2)cn1. The van der Waals surface area contributed by atoms with Gasteiger partial charge in [-0.25, -0.2) is 4.79 Å². The normalized spacial score (nSPS) is 15.7. The Morgan fingerprint density at radius 1 is 1.27 bits per heavy atom. The Kier molecular flexibility index (Phi) is 6.62. The minimum atomic E-state index is -0.218.